The minimum Gasteiger partial charge on any atom is -0.465 e. The molecule has 0 bridgehead atoms. The molecule has 2 aliphatic rings. The fourth-order valence-corrected chi connectivity index (χ4v) is 9.08. The Kier molecular flexibility index (Phi) is 24.1. The molecule has 0 aliphatic carbocycles. The second-order valence-electron chi connectivity index (χ2n) is 19.9. The van der Waals surface area contributed by atoms with Gasteiger partial charge in [-0.2, -0.15) is 0 Å². The molecule has 85 heavy (non-hydrogen) atoms. The van der Waals surface area contributed by atoms with Crippen molar-refractivity contribution in [3.63, 3.8) is 0 Å². The summed E-state index contributed by atoms with van der Waals surface area (Å²) in [6, 6.07) is 36.5. The van der Waals surface area contributed by atoms with E-state index in [2.05, 4.69) is 0 Å². The fourth-order valence-electron chi connectivity index (χ4n) is 9.08. The number of aliphatic hydroxyl groups is 6. The highest BCUT2D eigenvalue weighted by atomic mass is 16.8. The van der Waals surface area contributed by atoms with E-state index in [4.69, 9.17) is 57.8 Å². The molecule has 2 saturated heterocycles. The van der Waals surface area contributed by atoms with Gasteiger partial charge in [-0.15, -0.1) is 0 Å². The van der Waals surface area contributed by atoms with Gasteiger partial charge in [0, 0.05) is 19.1 Å². The molecule has 0 saturated carbocycles. The lowest BCUT2D eigenvalue weighted by molar-refractivity contribution is -0.360. The maximum atomic E-state index is 14.5. The molecule has 15 atom stereocenters. The van der Waals surface area contributed by atoms with Crippen LogP contribution in [0.25, 0.3) is 0 Å². The zero-order valence-electron chi connectivity index (χ0n) is 46.4. The summed E-state index contributed by atoms with van der Waals surface area (Å²) in [6.07, 6.45) is -25.1. The SMILES string of the molecule is CCCCO[C@@H]1OC(COC(=O)c2ccccc2)[C@@H](O[C@@H]2OC(CO[C@@](O)(C[C@@H](O)[C@@H](N)C[C@H](O)[C@H](O)CO)C(=O)OC)[C@H](O)C(OC(=O)c3ccccc3)[C@@H]2OC(=O)c2ccccc2)C(OC(=O)c2ccccc2)[C@@H]1OC(=O)c1ccccc1. The van der Waals surface area contributed by atoms with Crippen molar-refractivity contribution in [1.29, 1.82) is 0 Å². The van der Waals surface area contributed by atoms with Gasteiger partial charge in [0.15, 0.2) is 37.0 Å². The number of methoxy groups -OCH3 is 1. The normalized spacial score (nSPS) is 24.2. The highest BCUT2D eigenvalue weighted by molar-refractivity contribution is 5.92. The molecule has 24 nitrogen and oxygen atoms in total. The van der Waals surface area contributed by atoms with E-state index in [1.165, 1.54) is 84.9 Å². The van der Waals surface area contributed by atoms with Crippen LogP contribution in [0, 0.1) is 0 Å². The van der Waals surface area contributed by atoms with Crippen LogP contribution >= 0.6 is 0 Å². The highest BCUT2D eigenvalue weighted by Gasteiger charge is 2.58. The fraction of sp³-hybridized carbons (Fsp3) is 0.410. The van der Waals surface area contributed by atoms with E-state index in [0.29, 0.717) is 12.8 Å². The van der Waals surface area contributed by atoms with Gasteiger partial charge >= 0.3 is 35.8 Å². The summed E-state index contributed by atoms with van der Waals surface area (Å²) < 4.78 is 67.2. The molecule has 4 unspecified atom stereocenters. The Morgan fingerprint density at radius 3 is 1.42 bits per heavy atom. The molecule has 0 spiro atoms. The summed E-state index contributed by atoms with van der Waals surface area (Å²) in [4.78, 5) is 84.5. The van der Waals surface area contributed by atoms with Crippen LogP contribution < -0.4 is 5.73 Å². The van der Waals surface area contributed by atoms with Gasteiger partial charge in [0.2, 0.25) is 0 Å². The van der Waals surface area contributed by atoms with E-state index in [0.717, 1.165) is 7.11 Å². The van der Waals surface area contributed by atoms with E-state index < -0.39 is 160 Å². The molecule has 8 N–H and O–H groups in total. The van der Waals surface area contributed by atoms with Crippen LogP contribution in [-0.2, 0) is 56.9 Å². The largest absolute Gasteiger partial charge is 0.465 e. The quantitative estimate of drug-likeness (QED) is 0.0164. The highest BCUT2D eigenvalue weighted by Crippen LogP contribution is 2.37. The lowest BCUT2D eigenvalue weighted by Gasteiger charge is -2.48. The van der Waals surface area contributed by atoms with Gasteiger partial charge in [0.25, 0.3) is 5.79 Å². The van der Waals surface area contributed by atoms with Crippen LogP contribution in [0.3, 0.4) is 0 Å². The second-order valence-corrected chi connectivity index (χ2v) is 19.9. The summed E-state index contributed by atoms with van der Waals surface area (Å²) in [5.41, 5.74) is 6.12. The number of hydrogen-bond donors (Lipinski definition) is 7. The first kappa shape index (κ1) is 65.0. The third kappa shape index (κ3) is 17.5. The van der Waals surface area contributed by atoms with Crippen LogP contribution in [0.4, 0.5) is 0 Å². The van der Waals surface area contributed by atoms with Gasteiger partial charge in [0.05, 0.1) is 60.3 Å². The number of rotatable bonds is 28. The number of ether oxygens (including phenoxy) is 11. The van der Waals surface area contributed by atoms with E-state index in [9.17, 15) is 59.4 Å². The zero-order valence-corrected chi connectivity index (χ0v) is 46.4. The van der Waals surface area contributed by atoms with Gasteiger partial charge in [-0.3, -0.25) is 0 Å². The van der Waals surface area contributed by atoms with Crippen molar-refractivity contribution in [3.8, 4) is 0 Å². The number of aliphatic hydroxyl groups excluding tert-OH is 5. The predicted octanol–water partition coefficient (Wildman–Crippen LogP) is 2.82. The standard InChI is InChI=1S/C61H69NO23/c1-3-4-30-76-58-52(84-57(72)40-28-18-9-19-29-40)50(82-55(70)38-24-14-7-15-25-38)48(46(80-58)34-77-53(68)36-20-10-5-11-21-36)85-59-51(83-56(71)39-26-16-8-17-27-39)49(81-54(69)37-22-12-6-13-23-37)47(67)45(79-59)35-78-61(74,60(73)75-2)32-43(65)41(62)31-42(64)44(66)33-63/h5-29,41-52,58-59,63-67,74H,3-4,30-35,62H2,1-2H3/t41-,42-,43+,44+,45?,46?,47-,48+,49?,50?,51-,52-,58+,59-,61-/m0/s1. The third-order valence-electron chi connectivity index (χ3n) is 13.8. The molecule has 0 aromatic heterocycles. The molecule has 456 valence electrons. The first-order chi connectivity index (χ1) is 40.9. The Balaban J connectivity index is 1.37. The zero-order chi connectivity index (χ0) is 61.0. The van der Waals surface area contributed by atoms with Gasteiger partial charge in [-0.25, -0.2) is 28.8 Å². The van der Waals surface area contributed by atoms with Crippen molar-refractivity contribution >= 4 is 35.8 Å². The van der Waals surface area contributed by atoms with Gasteiger partial charge in [-0.1, -0.05) is 104 Å². The summed E-state index contributed by atoms with van der Waals surface area (Å²) in [5.74, 6) is -9.69. The molecule has 2 heterocycles. The monoisotopic (exact) mass is 1180 g/mol. The molecule has 2 aliphatic heterocycles. The third-order valence-corrected chi connectivity index (χ3v) is 13.8. The Hall–Kier alpha value is -7.56. The molecule has 7 rings (SSSR count). The summed E-state index contributed by atoms with van der Waals surface area (Å²) in [7, 11) is 0.871. The Morgan fingerprint density at radius 2 is 0.976 bits per heavy atom. The molecule has 5 aromatic rings. The molecular formula is C61H69NO23. The van der Waals surface area contributed by atoms with Crippen molar-refractivity contribution in [1.82, 2.24) is 0 Å². The number of nitrogens with two attached hydrogens (primary N) is 1. The van der Waals surface area contributed by atoms with Crippen molar-refractivity contribution in [2.75, 3.05) is 33.5 Å². The lowest BCUT2D eigenvalue weighted by Crippen LogP contribution is -2.67. The van der Waals surface area contributed by atoms with Crippen LogP contribution in [0.1, 0.15) is 84.4 Å². The predicted molar refractivity (Wildman–Crippen MR) is 294 cm³/mol. The average molecular weight is 1180 g/mol. The number of unbranched alkanes of at least 4 members (excludes halogenated alkanes) is 1. The smallest absolute Gasteiger partial charge is 0.366 e. The Labute approximate surface area is 488 Å². The minimum absolute atomic E-state index is 0.00344. The Morgan fingerprint density at radius 1 is 0.553 bits per heavy atom. The topological polar surface area (TPSA) is 351 Å². The second kappa shape index (κ2) is 31.5. The average Bonchev–Trinajstić information content (AvgIpc) is 1.90. The molecule has 0 amide bonds. The lowest BCUT2D eigenvalue weighted by atomic mass is 9.95. The van der Waals surface area contributed by atoms with Gasteiger partial charge in [0.1, 0.15) is 37.1 Å². The summed E-state index contributed by atoms with van der Waals surface area (Å²) in [6.45, 7) is -0.822. The number of hydrogen-bond acceptors (Lipinski definition) is 24. The molecule has 5 aromatic carbocycles. The maximum Gasteiger partial charge on any atom is 0.366 e. The van der Waals surface area contributed by atoms with Crippen molar-refractivity contribution in [2.24, 2.45) is 5.73 Å². The minimum atomic E-state index is -3.16. The van der Waals surface area contributed by atoms with Crippen LogP contribution in [0.2, 0.25) is 0 Å². The van der Waals surface area contributed by atoms with E-state index in [1.54, 1.807) is 66.7 Å². The van der Waals surface area contributed by atoms with Crippen LogP contribution in [0.15, 0.2) is 152 Å². The van der Waals surface area contributed by atoms with Crippen LogP contribution in [0.5, 0.6) is 0 Å². The van der Waals surface area contributed by atoms with E-state index >= 15 is 0 Å². The summed E-state index contributed by atoms with van der Waals surface area (Å²) >= 11 is 0. The Bertz CT molecular complexity index is 2910. The first-order valence-corrected chi connectivity index (χ1v) is 27.3. The van der Waals surface area contributed by atoms with E-state index in [1.807, 2.05) is 6.92 Å². The molecule has 2 fully saturated rings. The molecule has 24 heteroatoms. The van der Waals surface area contributed by atoms with Crippen molar-refractivity contribution in [2.45, 2.75) is 124 Å². The molecular weight excluding hydrogens is 1110 g/mol. The van der Waals surface area contributed by atoms with Crippen LogP contribution in [-0.4, -0.2) is 192 Å². The number of carbonyl (C=O) groups excluding carboxylic acids is 6. The number of benzene rings is 5. The number of esters is 6. The van der Waals surface area contributed by atoms with E-state index in [-0.39, 0.29) is 34.4 Å². The summed E-state index contributed by atoms with van der Waals surface area (Å²) in [5, 5.41) is 65.1. The number of carbonyl (C=O) groups is 6. The van der Waals surface area contributed by atoms with Crippen molar-refractivity contribution < 1.29 is 112 Å². The van der Waals surface area contributed by atoms with Gasteiger partial charge in [-0.05, 0) is 73.5 Å². The van der Waals surface area contributed by atoms with Gasteiger partial charge < -0.3 is 88.5 Å². The molecule has 0 radical (unpaired) electrons. The first-order valence-electron chi connectivity index (χ1n) is 27.3. The van der Waals surface area contributed by atoms with Crippen molar-refractivity contribution in [3.05, 3.63) is 179 Å². The maximum absolute atomic E-state index is 14.5.